The summed E-state index contributed by atoms with van der Waals surface area (Å²) in [7, 11) is 0. The van der Waals surface area contributed by atoms with Crippen molar-refractivity contribution >= 4 is 11.6 Å². The molecule has 0 saturated heterocycles. The first kappa shape index (κ1) is 11.0. The van der Waals surface area contributed by atoms with Crippen LogP contribution >= 0.6 is 11.6 Å². The Morgan fingerprint density at radius 2 is 2.25 bits per heavy atom. The zero-order chi connectivity index (χ0) is 11.5. The lowest BCUT2D eigenvalue weighted by Gasteiger charge is -2.03. The lowest BCUT2D eigenvalue weighted by atomic mass is 10.2. The number of nitrogens with zero attached hydrogens (tertiary/aromatic N) is 3. The van der Waals surface area contributed by atoms with Crippen LogP contribution in [0.4, 0.5) is 4.39 Å². The van der Waals surface area contributed by atoms with E-state index in [9.17, 15) is 4.39 Å². The molecule has 2 aromatic rings. The molecule has 1 heterocycles. The third-order valence-electron chi connectivity index (χ3n) is 2.11. The van der Waals surface area contributed by atoms with Crippen LogP contribution in [0.25, 0.3) is 0 Å². The summed E-state index contributed by atoms with van der Waals surface area (Å²) in [4.78, 5) is 3.99. The van der Waals surface area contributed by atoms with Gasteiger partial charge in [-0.1, -0.05) is 17.7 Å². The predicted molar refractivity (Wildman–Crippen MR) is 58.4 cm³/mol. The molecule has 16 heavy (non-hydrogen) atoms. The van der Waals surface area contributed by atoms with Gasteiger partial charge in [-0.3, -0.25) is 0 Å². The van der Waals surface area contributed by atoms with Crippen molar-refractivity contribution in [2.45, 2.75) is 13.1 Å². The first-order chi connectivity index (χ1) is 7.69. The molecule has 1 aromatic carbocycles. The summed E-state index contributed by atoms with van der Waals surface area (Å²) in [6, 6.07) is 4.26. The number of nitrogens with two attached hydrogens (primary N) is 1. The van der Waals surface area contributed by atoms with E-state index < -0.39 is 0 Å². The molecule has 0 unspecified atom stereocenters. The highest BCUT2D eigenvalue weighted by Gasteiger charge is 2.04. The van der Waals surface area contributed by atoms with Gasteiger partial charge in [0, 0.05) is 5.02 Å². The Morgan fingerprint density at radius 1 is 1.44 bits per heavy atom. The quantitative estimate of drug-likeness (QED) is 0.886. The standard InChI is InChI=1S/C10H10ClFN4/c11-9-3-8(12)2-1-7(9)5-16-6-14-10(4-13)15-16/h1-3,6H,4-5,13H2. The van der Waals surface area contributed by atoms with Crippen molar-refractivity contribution in [3.05, 3.63) is 46.8 Å². The van der Waals surface area contributed by atoms with Crippen LogP contribution in [0, 0.1) is 5.82 Å². The van der Waals surface area contributed by atoms with Gasteiger partial charge < -0.3 is 5.73 Å². The number of halogens is 2. The molecule has 0 spiro atoms. The van der Waals surface area contributed by atoms with Gasteiger partial charge in [-0.2, -0.15) is 5.10 Å². The Balaban J connectivity index is 2.20. The normalized spacial score (nSPS) is 10.7. The second-order valence-corrected chi connectivity index (χ2v) is 3.71. The van der Waals surface area contributed by atoms with E-state index in [-0.39, 0.29) is 5.82 Å². The van der Waals surface area contributed by atoms with Gasteiger partial charge >= 0.3 is 0 Å². The maximum Gasteiger partial charge on any atom is 0.164 e. The van der Waals surface area contributed by atoms with Gasteiger partial charge in [-0.25, -0.2) is 14.1 Å². The van der Waals surface area contributed by atoms with Crippen molar-refractivity contribution in [2.24, 2.45) is 5.73 Å². The summed E-state index contributed by atoms with van der Waals surface area (Å²) in [6.07, 6.45) is 1.57. The molecule has 0 bridgehead atoms. The van der Waals surface area contributed by atoms with Gasteiger partial charge in [0.15, 0.2) is 5.82 Å². The largest absolute Gasteiger partial charge is 0.324 e. The first-order valence-electron chi connectivity index (χ1n) is 4.71. The van der Waals surface area contributed by atoms with Crippen molar-refractivity contribution in [3.8, 4) is 0 Å². The van der Waals surface area contributed by atoms with Gasteiger partial charge in [-0.15, -0.1) is 0 Å². The fourth-order valence-electron chi connectivity index (χ4n) is 1.33. The van der Waals surface area contributed by atoms with Crippen molar-refractivity contribution in [3.63, 3.8) is 0 Å². The number of aromatic nitrogens is 3. The third-order valence-corrected chi connectivity index (χ3v) is 2.47. The molecule has 0 fully saturated rings. The Hall–Kier alpha value is -1.46. The monoisotopic (exact) mass is 240 g/mol. The zero-order valence-electron chi connectivity index (χ0n) is 8.40. The van der Waals surface area contributed by atoms with E-state index in [1.54, 1.807) is 17.1 Å². The fourth-order valence-corrected chi connectivity index (χ4v) is 1.55. The Morgan fingerprint density at radius 3 is 2.88 bits per heavy atom. The molecular weight excluding hydrogens is 231 g/mol. The minimum Gasteiger partial charge on any atom is -0.324 e. The summed E-state index contributed by atoms with van der Waals surface area (Å²) in [6.45, 7) is 0.746. The van der Waals surface area contributed by atoms with Crippen molar-refractivity contribution in [1.82, 2.24) is 14.8 Å². The maximum atomic E-state index is 12.8. The van der Waals surface area contributed by atoms with E-state index in [1.165, 1.54) is 12.1 Å². The molecule has 2 N–H and O–H groups in total. The van der Waals surface area contributed by atoms with E-state index in [2.05, 4.69) is 10.1 Å². The second kappa shape index (κ2) is 4.59. The van der Waals surface area contributed by atoms with Gasteiger partial charge in [0.2, 0.25) is 0 Å². The molecule has 0 aliphatic carbocycles. The molecule has 0 aliphatic heterocycles. The molecule has 4 nitrogen and oxygen atoms in total. The molecule has 84 valence electrons. The van der Waals surface area contributed by atoms with Crippen LogP contribution in [0.3, 0.4) is 0 Å². The lowest BCUT2D eigenvalue weighted by molar-refractivity contribution is 0.624. The minimum absolute atomic E-state index is 0.296. The van der Waals surface area contributed by atoms with Crippen molar-refractivity contribution < 1.29 is 4.39 Å². The highest BCUT2D eigenvalue weighted by atomic mass is 35.5. The molecule has 2 rings (SSSR count). The Bertz CT molecular complexity index is 497. The van der Waals surface area contributed by atoms with E-state index in [0.717, 1.165) is 5.56 Å². The maximum absolute atomic E-state index is 12.8. The SMILES string of the molecule is NCc1ncn(Cc2ccc(F)cc2Cl)n1. The number of hydrogen-bond donors (Lipinski definition) is 1. The van der Waals surface area contributed by atoms with E-state index in [4.69, 9.17) is 17.3 Å². The highest BCUT2D eigenvalue weighted by Crippen LogP contribution is 2.17. The zero-order valence-corrected chi connectivity index (χ0v) is 9.15. The molecule has 0 radical (unpaired) electrons. The minimum atomic E-state index is -0.352. The summed E-state index contributed by atoms with van der Waals surface area (Å²) < 4.78 is 14.4. The molecule has 1 aromatic heterocycles. The third kappa shape index (κ3) is 2.37. The van der Waals surface area contributed by atoms with E-state index >= 15 is 0 Å². The summed E-state index contributed by atoms with van der Waals surface area (Å²) in [5.41, 5.74) is 6.18. The molecule has 0 saturated carbocycles. The fraction of sp³-hybridized carbons (Fsp3) is 0.200. The summed E-state index contributed by atoms with van der Waals surface area (Å²) >= 11 is 5.89. The Kier molecular flexibility index (Phi) is 3.17. The van der Waals surface area contributed by atoms with Crippen LogP contribution in [0.15, 0.2) is 24.5 Å². The number of benzene rings is 1. The highest BCUT2D eigenvalue weighted by molar-refractivity contribution is 6.31. The van der Waals surface area contributed by atoms with Gasteiger partial charge in [0.25, 0.3) is 0 Å². The average Bonchev–Trinajstić information content (AvgIpc) is 2.70. The van der Waals surface area contributed by atoms with Gasteiger partial charge in [-0.05, 0) is 17.7 Å². The first-order valence-corrected chi connectivity index (χ1v) is 5.09. The van der Waals surface area contributed by atoms with Crippen LogP contribution < -0.4 is 5.73 Å². The van der Waals surface area contributed by atoms with Crippen molar-refractivity contribution in [2.75, 3.05) is 0 Å². The van der Waals surface area contributed by atoms with Crippen LogP contribution in [-0.4, -0.2) is 14.8 Å². The van der Waals surface area contributed by atoms with E-state index in [1.807, 2.05) is 0 Å². The lowest BCUT2D eigenvalue weighted by Crippen LogP contribution is -2.04. The van der Waals surface area contributed by atoms with Crippen molar-refractivity contribution in [1.29, 1.82) is 0 Å². The van der Waals surface area contributed by atoms with E-state index in [0.29, 0.717) is 23.9 Å². The Labute approximate surface area is 96.9 Å². The van der Waals surface area contributed by atoms with Crippen LogP contribution in [0.5, 0.6) is 0 Å². The molecule has 0 amide bonds. The molecule has 6 heteroatoms. The molecule has 0 aliphatic rings. The predicted octanol–water partition coefficient (Wildman–Crippen LogP) is 1.58. The van der Waals surface area contributed by atoms with Gasteiger partial charge in [0.05, 0.1) is 13.1 Å². The summed E-state index contributed by atoms with van der Waals surface area (Å²) in [5.74, 6) is 0.216. The topological polar surface area (TPSA) is 56.7 Å². The number of hydrogen-bond acceptors (Lipinski definition) is 3. The van der Waals surface area contributed by atoms with Crippen LogP contribution in [0.1, 0.15) is 11.4 Å². The van der Waals surface area contributed by atoms with Crippen LogP contribution in [0.2, 0.25) is 5.02 Å². The van der Waals surface area contributed by atoms with Crippen LogP contribution in [-0.2, 0) is 13.1 Å². The van der Waals surface area contributed by atoms with Gasteiger partial charge in [0.1, 0.15) is 12.1 Å². The number of rotatable bonds is 3. The average molecular weight is 241 g/mol. The molecule has 0 atom stereocenters. The second-order valence-electron chi connectivity index (χ2n) is 3.30. The smallest absolute Gasteiger partial charge is 0.164 e. The summed E-state index contributed by atoms with van der Waals surface area (Å²) in [5, 5.41) is 4.50. The molecular formula is C10H10ClFN4.